The van der Waals surface area contributed by atoms with Crippen LogP contribution in [0.2, 0.25) is 0 Å². The first-order valence-electron chi connectivity index (χ1n) is 6.50. The molecule has 1 saturated heterocycles. The minimum atomic E-state index is -0.565. The van der Waals surface area contributed by atoms with Crippen LogP contribution in [0.4, 0.5) is 5.69 Å². The molecule has 18 heavy (non-hydrogen) atoms. The van der Waals surface area contributed by atoms with Crippen LogP contribution >= 0.6 is 0 Å². The number of anilines is 1. The van der Waals surface area contributed by atoms with Crippen molar-refractivity contribution >= 4 is 5.69 Å². The molecule has 0 aliphatic carbocycles. The molecule has 1 unspecified atom stereocenters. The van der Waals surface area contributed by atoms with Crippen LogP contribution in [0, 0.1) is 18.3 Å². The number of nitriles is 1. The van der Waals surface area contributed by atoms with Gasteiger partial charge in [0.05, 0.1) is 16.9 Å². The Balaban J connectivity index is 2.30. The third-order valence-corrected chi connectivity index (χ3v) is 3.74. The molecule has 1 aliphatic heterocycles. The van der Waals surface area contributed by atoms with Crippen molar-refractivity contribution in [2.45, 2.75) is 38.7 Å². The Morgan fingerprint density at radius 1 is 1.33 bits per heavy atom. The largest absolute Gasteiger partial charge is 0.390 e. The predicted octanol–water partition coefficient (Wildman–Crippen LogP) is 2.61. The van der Waals surface area contributed by atoms with Crippen molar-refractivity contribution in [3.05, 3.63) is 29.3 Å². The maximum absolute atomic E-state index is 10.1. The molecule has 1 aromatic carbocycles. The molecule has 0 amide bonds. The molecular weight excluding hydrogens is 224 g/mol. The zero-order valence-corrected chi connectivity index (χ0v) is 11.1. The standard InChI is InChI=1S/C15H20N2O/c1-12-5-3-6-13(11-16)14(12)17-9-4-7-15(2,18)8-10-17/h3,5-6,18H,4,7-10H2,1-2H3. The van der Waals surface area contributed by atoms with Gasteiger partial charge in [0.2, 0.25) is 0 Å². The van der Waals surface area contributed by atoms with E-state index in [-0.39, 0.29) is 0 Å². The van der Waals surface area contributed by atoms with Crippen LogP contribution in [0.15, 0.2) is 18.2 Å². The van der Waals surface area contributed by atoms with Crippen molar-refractivity contribution in [1.82, 2.24) is 0 Å². The van der Waals surface area contributed by atoms with Gasteiger partial charge in [-0.25, -0.2) is 0 Å². The Labute approximate surface area is 109 Å². The molecule has 3 heteroatoms. The number of aliphatic hydroxyl groups is 1. The van der Waals surface area contributed by atoms with E-state index in [0.29, 0.717) is 0 Å². The highest BCUT2D eigenvalue weighted by Gasteiger charge is 2.26. The van der Waals surface area contributed by atoms with E-state index < -0.39 is 5.60 Å². The van der Waals surface area contributed by atoms with Crippen LogP contribution in [0.25, 0.3) is 0 Å². The lowest BCUT2D eigenvalue weighted by Gasteiger charge is -2.26. The zero-order chi connectivity index (χ0) is 13.2. The number of para-hydroxylation sites is 1. The third-order valence-electron chi connectivity index (χ3n) is 3.74. The van der Waals surface area contributed by atoms with E-state index in [2.05, 4.69) is 11.0 Å². The van der Waals surface area contributed by atoms with Gasteiger partial charge in [-0.15, -0.1) is 0 Å². The third kappa shape index (κ3) is 2.65. The lowest BCUT2D eigenvalue weighted by molar-refractivity contribution is 0.0481. The van der Waals surface area contributed by atoms with Gasteiger partial charge in [0.1, 0.15) is 6.07 Å². The highest BCUT2D eigenvalue weighted by molar-refractivity contribution is 5.64. The lowest BCUT2D eigenvalue weighted by Crippen LogP contribution is -2.29. The van der Waals surface area contributed by atoms with E-state index in [9.17, 15) is 10.4 Å². The summed E-state index contributed by atoms with van der Waals surface area (Å²) in [5.41, 5.74) is 2.34. The Morgan fingerprint density at radius 2 is 2.11 bits per heavy atom. The molecule has 1 aromatic rings. The average molecular weight is 244 g/mol. The quantitative estimate of drug-likeness (QED) is 0.826. The second-order valence-corrected chi connectivity index (χ2v) is 5.42. The first kappa shape index (κ1) is 12.9. The summed E-state index contributed by atoms with van der Waals surface area (Å²) in [6.45, 7) is 5.67. The fourth-order valence-electron chi connectivity index (χ4n) is 2.66. The van der Waals surface area contributed by atoms with Gasteiger partial charge in [-0.3, -0.25) is 0 Å². The number of benzene rings is 1. The van der Waals surface area contributed by atoms with E-state index >= 15 is 0 Å². The summed E-state index contributed by atoms with van der Waals surface area (Å²) in [5, 5.41) is 19.3. The van der Waals surface area contributed by atoms with Gasteiger partial charge >= 0.3 is 0 Å². The fraction of sp³-hybridized carbons (Fsp3) is 0.533. The Hall–Kier alpha value is -1.53. The molecule has 2 rings (SSSR count). The molecule has 1 heterocycles. The van der Waals surface area contributed by atoms with Crippen LogP contribution in [-0.4, -0.2) is 23.8 Å². The van der Waals surface area contributed by atoms with Crippen molar-refractivity contribution in [3.63, 3.8) is 0 Å². The van der Waals surface area contributed by atoms with Gasteiger partial charge in [-0.1, -0.05) is 12.1 Å². The Bertz CT molecular complexity index is 474. The van der Waals surface area contributed by atoms with Crippen molar-refractivity contribution in [1.29, 1.82) is 5.26 Å². The predicted molar refractivity (Wildman–Crippen MR) is 72.6 cm³/mol. The summed E-state index contributed by atoms with van der Waals surface area (Å²) in [6, 6.07) is 8.10. The van der Waals surface area contributed by atoms with Crippen LogP contribution in [0.3, 0.4) is 0 Å². The van der Waals surface area contributed by atoms with Crippen molar-refractivity contribution < 1.29 is 5.11 Å². The van der Waals surface area contributed by atoms with Crippen LogP contribution in [0.5, 0.6) is 0 Å². The molecule has 0 bridgehead atoms. The second kappa shape index (κ2) is 4.99. The first-order valence-corrected chi connectivity index (χ1v) is 6.50. The number of nitrogens with zero attached hydrogens (tertiary/aromatic N) is 2. The molecule has 0 aromatic heterocycles. The van der Waals surface area contributed by atoms with Crippen LogP contribution in [0.1, 0.15) is 37.3 Å². The van der Waals surface area contributed by atoms with Gasteiger partial charge in [0.25, 0.3) is 0 Å². The number of rotatable bonds is 1. The summed E-state index contributed by atoms with van der Waals surface area (Å²) in [5.74, 6) is 0. The molecule has 0 spiro atoms. The summed E-state index contributed by atoms with van der Waals surface area (Å²) in [4.78, 5) is 2.25. The number of aryl methyl sites for hydroxylation is 1. The molecular formula is C15H20N2O. The van der Waals surface area contributed by atoms with Gasteiger partial charge in [0, 0.05) is 13.1 Å². The van der Waals surface area contributed by atoms with Crippen LogP contribution in [-0.2, 0) is 0 Å². The van der Waals surface area contributed by atoms with Gasteiger partial charge in [0.15, 0.2) is 0 Å². The molecule has 1 atom stereocenters. The topological polar surface area (TPSA) is 47.3 Å². The SMILES string of the molecule is Cc1cccc(C#N)c1N1CCCC(C)(O)CC1. The van der Waals surface area contributed by atoms with E-state index in [1.165, 1.54) is 0 Å². The average Bonchev–Trinajstić information content (AvgIpc) is 2.50. The molecule has 0 saturated carbocycles. The van der Waals surface area contributed by atoms with Gasteiger partial charge < -0.3 is 10.0 Å². The van der Waals surface area contributed by atoms with Crippen molar-refractivity contribution in [2.24, 2.45) is 0 Å². The normalized spacial score (nSPS) is 24.4. The van der Waals surface area contributed by atoms with E-state index in [1.54, 1.807) is 0 Å². The Morgan fingerprint density at radius 3 is 2.83 bits per heavy atom. The number of hydrogen-bond acceptors (Lipinski definition) is 3. The van der Waals surface area contributed by atoms with Crippen LogP contribution < -0.4 is 4.90 Å². The minimum absolute atomic E-state index is 0.565. The summed E-state index contributed by atoms with van der Waals surface area (Å²) >= 11 is 0. The van der Waals surface area contributed by atoms with Crippen molar-refractivity contribution in [2.75, 3.05) is 18.0 Å². The second-order valence-electron chi connectivity index (χ2n) is 5.42. The molecule has 1 N–H and O–H groups in total. The summed E-state index contributed by atoms with van der Waals surface area (Å²) in [7, 11) is 0. The Kier molecular flexibility index (Phi) is 3.58. The van der Waals surface area contributed by atoms with E-state index in [1.807, 2.05) is 32.0 Å². The number of hydrogen-bond donors (Lipinski definition) is 1. The summed E-state index contributed by atoms with van der Waals surface area (Å²) in [6.07, 6.45) is 2.55. The van der Waals surface area contributed by atoms with Gasteiger partial charge in [-0.05, 0) is 44.7 Å². The van der Waals surface area contributed by atoms with E-state index in [4.69, 9.17) is 0 Å². The molecule has 96 valence electrons. The molecule has 1 fully saturated rings. The maximum atomic E-state index is 10.1. The molecule has 3 nitrogen and oxygen atoms in total. The van der Waals surface area contributed by atoms with Gasteiger partial charge in [-0.2, -0.15) is 5.26 Å². The lowest BCUT2D eigenvalue weighted by atomic mass is 9.98. The molecule has 1 aliphatic rings. The fourth-order valence-corrected chi connectivity index (χ4v) is 2.66. The summed E-state index contributed by atoms with van der Waals surface area (Å²) < 4.78 is 0. The first-order chi connectivity index (χ1) is 8.53. The monoisotopic (exact) mass is 244 g/mol. The highest BCUT2D eigenvalue weighted by atomic mass is 16.3. The minimum Gasteiger partial charge on any atom is -0.390 e. The molecule has 0 radical (unpaired) electrons. The van der Waals surface area contributed by atoms with E-state index in [0.717, 1.165) is 49.2 Å². The maximum Gasteiger partial charge on any atom is 0.101 e. The smallest absolute Gasteiger partial charge is 0.101 e. The van der Waals surface area contributed by atoms with Crippen molar-refractivity contribution in [3.8, 4) is 6.07 Å². The zero-order valence-electron chi connectivity index (χ0n) is 11.1. The highest BCUT2D eigenvalue weighted by Crippen LogP contribution is 2.29.